The van der Waals surface area contributed by atoms with E-state index in [1.807, 2.05) is 12.3 Å². The molecular weight excluding hydrogens is 168 g/mol. The van der Waals surface area contributed by atoms with Crippen LogP contribution >= 0.6 is 0 Å². The molecule has 2 rings (SSSR count). The van der Waals surface area contributed by atoms with Crippen LogP contribution in [0.25, 0.3) is 5.69 Å². The van der Waals surface area contributed by atoms with Gasteiger partial charge in [-0.2, -0.15) is 5.10 Å². The molecule has 0 aliphatic rings. The third-order valence-corrected chi connectivity index (χ3v) is 1.57. The van der Waals surface area contributed by atoms with Crippen molar-refractivity contribution >= 4 is 0 Å². The summed E-state index contributed by atoms with van der Waals surface area (Å²) in [5, 5.41) is 4.04. The molecule has 0 spiro atoms. The predicted molar refractivity (Wildman–Crippen MR) is 45.7 cm³/mol. The largest absolute Gasteiger partial charge is 0.467 e. The first-order valence-corrected chi connectivity index (χ1v) is 3.76. The van der Waals surface area contributed by atoms with Gasteiger partial charge in [0.05, 0.1) is 19.5 Å². The molecule has 0 fully saturated rings. The predicted octanol–water partition coefficient (Wildman–Crippen LogP) is 0.671. The first-order chi connectivity index (χ1) is 6.40. The molecule has 0 saturated carbocycles. The molecule has 0 aliphatic heterocycles. The van der Waals surface area contributed by atoms with Gasteiger partial charge in [-0.05, 0) is 6.07 Å². The van der Waals surface area contributed by atoms with Crippen molar-refractivity contribution in [2.75, 3.05) is 7.11 Å². The summed E-state index contributed by atoms with van der Waals surface area (Å²) in [6, 6.07) is 2.19. The lowest BCUT2D eigenvalue weighted by Crippen LogP contribution is -1.98. The second kappa shape index (κ2) is 3.22. The first-order valence-electron chi connectivity index (χ1n) is 3.76. The van der Waals surface area contributed by atoms with Gasteiger partial charge < -0.3 is 4.74 Å². The number of aromatic nitrogens is 4. The van der Waals surface area contributed by atoms with E-state index in [-0.39, 0.29) is 0 Å². The summed E-state index contributed by atoms with van der Waals surface area (Å²) in [7, 11) is 1.53. The minimum atomic E-state index is 0.357. The Morgan fingerprint density at radius 1 is 1.31 bits per heavy atom. The van der Waals surface area contributed by atoms with Crippen LogP contribution in [-0.4, -0.2) is 26.9 Å². The van der Waals surface area contributed by atoms with E-state index in [9.17, 15) is 0 Å². The summed E-state index contributed by atoms with van der Waals surface area (Å²) >= 11 is 0. The molecule has 0 N–H and O–H groups in total. The Labute approximate surface area is 75.0 Å². The van der Waals surface area contributed by atoms with Crippen LogP contribution in [0.15, 0.2) is 30.9 Å². The van der Waals surface area contributed by atoms with E-state index in [4.69, 9.17) is 4.74 Å². The molecule has 2 aromatic rings. The molecule has 66 valence electrons. The Hall–Kier alpha value is -1.91. The molecular formula is C8H8N4O. The smallest absolute Gasteiger partial charge is 0.316 e. The van der Waals surface area contributed by atoms with Gasteiger partial charge in [0, 0.05) is 12.4 Å². The minimum absolute atomic E-state index is 0.357. The van der Waals surface area contributed by atoms with Gasteiger partial charge >= 0.3 is 6.01 Å². The van der Waals surface area contributed by atoms with Crippen LogP contribution in [0.4, 0.5) is 0 Å². The van der Waals surface area contributed by atoms with E-state index in [2.05, 4.69) is 15.1 Å². The molecule has 0 atom stereocenters. The van der Waals surface area contributed by atoms with E-state index in [1.165, 1.54) is 7.11 Å². The fourth-order valence-corrected chi connectivity index (χ4v) is 0.955. The van der Waals surface area contributed by atoms with Crippen molar-refractivity contribution in [2.24, 2.45) is 0 Å². The number of rotatable bonds is 2. The number of methoxy groups -OCH3 is 1. The fraction of sp³-hybridized carbons (Fsp3) is 0.125. The molecule has 2 aromatic heterocycles. The van der Waals surface area contributed by atoms with Gasteiger partial charge in [-0.1, -0.05) is 0 Å². The Bertz CT molecular complexity index is 368. The highest BCUT2D eigenvalue weighted by Gasteiger charge is 1.97. The van der Waals surface area contributed by atoms with Crippen molar-refractivity contribution < 1.29 is 4.74 Å². The number of hydrogen-bond donors (Lipinski definition) is 0. The summed E-state index contributed by atoms with van der Waals surface area (Å²) in [4.78, 5) is 7.92. The van der Waals surface area contributed by atoms with Crippen molar-refractivity contribution in [1.29, 1.82) is 0 Å². The second-order valence-corrected chi connectivity index (χ2v) is 2.38. The zero-order valence-electron chi connectivity index (χ0n) is 7.08. The van der Waals surface area contributed by atoms with Crippen LogP contribution in [0, 0.1) is 0 Å². The van der Waals surface area contributed by atoms with Gasteiger partial charge in [0.25, 0.3) is 0 Å². The minimum Gasteiger partial charge on any atom is -0.467 e. The van der Waals surface area contributed by atoms with Crippen LogP contribution in [0.2, 0.25) is 0 Å². The molecule has 0 aromatic carbocycles. The van der Waals surface area contributed by atoms with Gasteiger partial charge in [0.15, 0.2) is 0 Å². The summed E-state index contributed by atoms with van der Waals surface area (Å²) in [5.41, 5.74) is 0.811. The lowest BCUT2D eigenvalue weighted by molar-refractivity contribution is 0.379. The summed E-state index contributed by atoms with van der Waals surface area (Å²) in [5.74, 6) is 0. The van der Waals surface area contributed by atoms with Crippen molar-refractivity contribution in [2.45, 2.75) is 0 Å². The monoisotopic (exact) mass is 176 g/mol. The van der Waals surface area contributed by atoms with Crippen LogP contribution in [-0.2, 0) is 0 Å². The maximum absolute atomic E-state index is 4.83. The molecule has 0 amide bonds. The number of hydrogen-bond acceptors (Lipinski definition) is 4. The third kappa shape index (κ3) is 1.48. The standard InChI is InChI=1S/C8H8N4O/c1-13-8-9-5-7(6-10-8)12-4-2-3-11-12/h2-6H,1H3. The summed E-state index contributed by atoms with van der Waals surface area (Å²) in [6.45, 7) is 0. The molecule has 0 unspecified atom stereocenters. The molecule has 2 heterocycles. The molecule has 0 saturated heterocycles. The highest BCUT2D eigenvalue weighted by molar-refractivity contribution is 5.24. The molecule has 5 heteroatoms. The quantitative estimate of drug-likeness (QED) is 0.674. The van der Waals surface area contributed by atoms with Crippen molar-refractivity contribution in [3.8, 4) is 11.7 Å². The highest BCUT2D eigenvalue weighted by atomic mass is 16.5. The first kappa shape index (κ1) is 7.72. The van der Waals surface area contributed by atoms with E-state index in [1.54, 1.807) is 23.3 Å². The maximum Gasteiger partial charge on any atom is 0.316 e. The van der Waals surface area contributed by atoms with Gasteiger partial charge in [-0.25, -0.2) is 14.6 Å². The highest BCUT2D eigenvalue weighted by Crippen LogP contribution is 2.05. The van der Waals surface area contributed by atoms with E-state index < -0.39 is 0 Å². The van der Waals surface area contributed by atoms with Crippen molar-refractivity contribution in [1.82, 2.24) is 19.7 Å². The molecule has 5 nitrogen and oxygen atoms in total. The Morgan fingerprint density at radius 2 is 2.08 bits per heavy atom. The third-order valence-electron chi connectivity index (χ3n) is 1.57. The van der Waals surface area contributed by atoms with Crippen molar-refractivity contribution in [3.05, 3.63) is 30.9 Å². The van der Waals surface area contributed by atoms with Crippen LogP contribution in [0.1, 0.15) is 0 Å². The molecule has 0 radical (unpaired) electrons. The topological polar surface area (TPSA) is 52.8 Å². The van der Waals surface area contributed by atoms with Crippen LogP contribution < -0.4 is 4.74 Å². The zero-order chi connectivity index (χ0) is 9.10. The van der Waals surface area contributed by atoms with Crippen molar-refractivity contribution in [3.63, 3.8) is 0 Å². The fourth-order valence-electron chi connectivity index (χ4n) is 0.955. The Kier molecular flexibility index (Phi) is 1.91. The van der Waals surface area contributed by atoms with E-state index >= 15 is 0 Å². The maximum atomic E-state index is 4.83. The van der Waals surface area contributed by atoms with Gasteiger partial charge in [-0.3, -0.25) is 0 Å². The van der Waals surface area contributed by atoms with Gasteiger partial charge in [0.2, 0.25) is 0 Å². The Balaban J connectivity index is 2.33. The van der Waals surface area contributed by atoms with Gasteiger partial charge in [-0.15, -0.1) is 0 Å². The normalized spacial score (nSPS) is 9.92. The van der Waals surface area contributed by atoms with Gasteiger partial charge in [0.1, 0.15) is 5.69 Å². The number of ether oxygens (including phenoxy) is 1. The molecule has 0 aliphatic carbocycles. The lowest BCUT2D eigenvalue weighted by atomic mass is 10.5. The molecule has 0 bridgehead atoms. The summed E-state index contributed by atoms with van der Waals surface area (Å²) in [6.07, 6.45) is 6.83. The van der Waals surface area contributed by atoms with Crippen LogP contribution in [0.3, 0.4) is 0 Å². The SMILES string of the molecule is COc1ncc(-n2cccn2)cn1. The molecule has 13 heavy (non-hydrogen) atoms. The average molecular weight is 176 g/mol. The van der Waals surface area contributed by atoms with E-state index in [0.717, 1.165) is 5.69 Å². The lowest BCUT2D eigenvalue weighted by Gasteiger charge is -2.00. The Morgan fingerprint density at radius 3 is 2.62 bits per heavy atom. The van der Waals surface area contributed by atoms with Crippen LogP contribution in [0.5, 0.6) is 6.01 Å². The second-order valence-electron chi connectivity index (χ2n) is 2.38. The summed E-state index contributed by atoms with van der Waals surface area (Å²) < 4.78 is 6.51. The zero-order valence-corrected chi connectivity index (χ0v) is 7.08. The number of nitrogens with zero attached hydrogens (tertiary/aromatic N) is 4. The van der Waals surface area contributed by atoms with E-state index in [0.29, 0.717) is 6.01 Å². The average Bonchev–Trinajstić information content (AvgIpc) is 2.71.